The summed E-state index contributed by atoms with van der Waals surface area (Å²) in [5.74, 6) is 0.523. The fourth-order valence-electron chi connectivity index (χ4n) is 1.42. The van der Waals surface area contributed by atoms with E-state index in [2.05, 4.69) is 18.9 Å². The third kappa shape index (κ3) is 1.25. The molecule has 1 fully saturated rings. The molecule has 1 N–H and O–H groups in total. The first-order valence-corrected chi connectivity index (χ1v) is 3.57. The van der Waals surface area contributed by atoms with Crippen molar-refractivity contribution in [2.75, 3.05) is 20.2 Å². The first-order valence-electron chi connectivity index (χ1n) is 3.57. The third-order valence-corrected chi connectivity index (χ3v) is 2.46. The quantitative estimate of drug-likeness (QED) is 0.551. The van der Waals surface area contributed by atoms with E-state index in [1.54, 1.807) is 0 Å². The predicted molar refractivity (Wildman–Crippen MR) is 37.3 cm³/mol. The van der Waals surface area contributed by atoms with E-state index < -0.39 is 0 Å². The van der Waals surface area contributed by atoms with Gasteiger partial charge < -0.3 is 10.0 Å². The minimum absolute atomic E-state index is 0.353. The van der Waals surface area contributed by atoms with Crippen LogP contribution in [0.2, 0.25) is 0 Å². The normalized spacial score (nSPS) is 37.7. The van der Waals surface area contributed by atoms with Gasteiger partial charge in [0.25, 0.3) is 0 Å². The van der Waals surface area contributed by atoms with Gasteiger partial charge in [-0.2, -0.15) is 0 Å². The van der Waals surface area contributed by atoms with Crippen LogP contribution in [0.5, 0.6) is 0 Å². The molecule has 0 aromatic rings. The maximum atomic E-state index is 8.83. The Morgan fingerprint density at radius 3 is 2.56 bits per heavy atom. The topological polar surface area (TPSA) is 23.5 Å². The van der Waals surface area contributed by atoms with Gasteiger partial charge in [0.1, 0.15) is 0 Å². The summed E-state index contributed by atoms with van der Waals surface area (Å²) >= 11 is 0. The number of aliphatic hydroxyl groups is 1. The Hall–Kier alpha value is -0.0800. The second-order valence-corrected chi connectivity index (χ2v) is 2.95. The van der Waals surface area contributed by atoms with Crippen LogP contribution in [0.1, 0.15) is 13.3 Å². The monoisotopic (exact) mass is 129 g/mol. The average molecular weight is 129 g/mol. The van der Waals surface area contributed by atoms with Crippen LogP contribution >= 0.6 is 0 Å². The Balaban J connectivity index is 2.41. The molecule has 0 aromatic heterocycles. The molecular weight excluding hydrogens is 114 g/mol. The van der Waals surface area contributed by atoms with Gasteiger partial charge in [-0.3, -0.25) is 0 Å². The van der Waals surface area contributed by atoms with Gasteiger partial charge in [0.2, 0.25) is 0 Å². The minimum Gasteiger partial charge on any atom is -0.396 e. The van der Waals surface area contributed by atoms with E-state index in [0.29, 0.717) is 18.6 Å². The van der Waals surface area contributed by atoms with Crippen molar-refractivity contribution in [3.05, 3.63) is 0 Å². The molecule has 0 radical (unpaired) electrons. The summed E-state index contributed by atoms with van der Waals surface area (Å²) in [6.07, 6.45) is 1.16. The van der Waals surface area contributed by atoms with Gasteiger partial charge in [0, 0.05) is 12.6 Å². The van der Waals surface area contributed by atoms with Crippen molar-refractivity contribution < 1.29 is 5.11 Å². The lowest BCUT2D eigenvalue weighted by Crippen LogP contribution is -2.27. The Morgan fingerprint density at radius 2 is 2.33 bits per heavy atom. The van der Waals surface area contributed by atoms with Crippen molar-refractivity contribution in [3.8, 4) is 0 Å². The van der Waals surface area contributed by atoms with E-state index in [0.717, 1.165) is 13.0 Å². The molecule has 2 unspecified atom stereocenters. The number of hydrogen-bond donors (Lipinski definition) is 1. The van der Waals surface area contributed by atoms with E-state index in [9.17, 15) is 0 Å². The predicted octanol–water partition coefficient (Wildman–Crippen LogP) is 0.319. The maximum absolute atomic E-state index is 8.83. The lowest BCUT2D eigenvalue weighted by Gasteiger charge is -2.17. The zero-order valence-corrected chi connectivity index (χ0v) is 6.17. The van der Waals surface area contributed by atoms with Gasteiger partial charge in [-0.15, -0.1) is 0 Å². The van der Waals surface area contributed by atoms with Crippen molar-refractivity contribution in [2.45, 2.75) is 19.4 Å². The fraction of sp³-hybridized carbons (Fsp3) is 1.00. The van der Waals surface area contributed by atoms with Crippen LogP contribution in [0, 0.1) is 5.92 Å². The van der Waals surface area contributed by atoms with Crippen LogP contribution in [-0.2, 0) is 0 Å². The molecule has 1 aliphatic rings. The summed E-state index contributed by atoms with van der Waals surface area (Å²) in [5, 5.41) is 8.83. The second-order valence-electron chi connectivity index (χ2n) is 2.95. The van der Waals surface area contributed by atoms with Crippen LogP contribution in [-0.4, -0.2) is 36.2 Å². The van der Waals surface area contributed by atoms with Crippen molar-refractivity contribution in [1.82, 2.24) is 4.90 Å². The van der Waals surface area contributed by atoms with E-state index in [1.807, 2.05) is 0 Å². The minimum atomic E-state index is 0.353. The molecule has 0 aliphatic carbocycles. The highest BCUT2D eigenvalue weighted by molar-refractivity contribution is 4.80. The molecule has 1 rings (SSSR count). The van der Waals surface area contributed by atoms with Crippen LogP contribution in [0.3, 0.4) is 0 Å². The molecule has 2 atom stereocenters. The summed E-state index contributed by atoms with van der Waals surface area (Å²) in [7, 11) is 2.11. The molecule has 54 valence electrons. The zero-order chi connectivity index (χ0) is 6.85. The molecule has 0 spiro atoms. The number of aliphatic hydroxyl groups excluding tert-OH is 1. The molecular formula is C7H15NO. The first kappa shape index (κ1) is 7.03. The Bertz CT molecular complexity index is 94.9. The van der Waals surface area contributed by atoms with Gasteiger partial charge in [-0.25, -0.2) is 0 Å². The molecule has 0 bridgehead atoms. The van der Waals surface area contributed by atoms with Gasteiger partial charge >= 0.3 is 0 Å². The lowest BCUT2D eigenvalue weighted by atomic mass is 10.0. The molecule has 0 amide bonds. The molecule has 2 nitrogen and oxygen atoms in total. The van der Waals surface area contributed by atoms with E-state index in [1.165, 1.54) is 0 Å². The Labute approximate surface area is 56.5 Å². The molecule has 0 aromatic carbocycles. The first-order chi connectivity index (χ1) is 4.25. The molecule has 0 saturated carbocycles. The van der Waals surface area contributed by atoms with Crippen molar-refractivity contribution >= 4 is 0 Å². The number of hydrogen-bond acceptors (Lipinski definition) is 2. The van der Waals surface area contributed by atoms with Gasteiger partial charge in [0.15, 0.2) is 0 Å². The van der Waals surface area contributed by atoms with Crippen LogP contribution in [0.15, 0.2) is 0 Å². The fourth-order valence-corrected chi connectivity index (χ4v) is 1.42. The molecule has 1 saturated heterocycles. The molecule has 2 heteroatoms. The van der Waals surface area contributed by atoms with Crippen LogP contribution in [0.25, 0.3) is 0 Å². The smallest absolute Gasteiger partial charge is 0.0474 e. The number of nitrogens with zero attached hydrogens (tertiary/aromatic N) is 1. The summed E-state index contributed by atoms with van der Waals surface area (Å²) in [5.41, 5.74) is 0. The summed E-state index contributed by atoms with van der Waals surface area (Å²) < 4.78 is 0. The second kappa shape index (κ2) is 2.67. The molecule has 9 heavy (non-hydrogen) atoms. The lowest BCUT2D eigenvalue weighted by molar-refractivity contribution is 0.191. The number of likely N-dealkylation sites (tertiary alicyclic amines) is 1. The van der Waals surface area contributed by atoms with Gasteiger partial charge in [-0.05, 0) is 32.9 Å². The number of rotatable bonds is 1. The van der Waals surface area contributed by atoms with Gasteiger partial charge in [0.05, 0.1) is 0 Å². The highest BCUT2D eigenvalue weighted by Crippen LogP contribution is 2.20. The largest absolute Gasteiger partial charge is 0.396 e. The maximum Gasteiger partial charge on any atom is 0.0474 e. The zero-order valence-electron chi connectivity index (χ0n) is 6.17. The third-order valence-electron chi connectivity index (χ3n) is 2.46. The van der Waals surface area contributed by atoms with Crippen molar-refractivity contribution in [3.63, 3.8) is 0 Å². The highest BCUT2D eigenvalue weighted by atomic mass is 16.3. The van der Waals surface area contributed by atoms with Crippen molar-refractivity contribution in [2.24, 2.45) is 5.92 Å². The summed E-state index contributed by atoms with van der Waals surface area (Å²) in [6, 6.07) is 0.579. The van der Waals surface area contributed by atoms with Crippen molar-refractivity contribution in [1.29, 1.82) is 0 Å². The Kier molecular flexibility index (Phi) is 2.09. The molecule has 1 aliphatic heterocycles. The highest BCUT2D eigenvalue weighted by Gasteiger charge is 2.26. The van der Waals surface area contributed by atoms with Gasteiger partial charge in [-0.1, -0.05) is 0 Å². The van der Waals surface area contributed by atoms with E-state index in [-0.39, 0.29) is 0 Å². The van der Waals surface area contributed by atoms with Crippen LogP contribution < -0.4 is 0 Å². The van der Waals surface area contributed by atoms with E-state index >= 15 is 0 Å². The summed E-state index contributed by atoms with van der Waals surface area (Å²) in [6.45, 7) is 3.67. The molecule has 1 heterocycles. The van der Waals surface area contributed by atoms with E-state index in [4.69, 9.17) is 5.11 Å². The van der Waals surface area contributed by atoms with Crippen LogP contribution in [0.4, 0.5) is 0 Å². The average Bonchev–Trinajstić information content (AvgIpc) is 2.15. The Morgan fingerprint density at radius 1 is 1.67 bits per heavy atom. The summed E-state index contributed by atoms with van der Waals surface area (Å²) in [4.78, 5) is 2.29. The standard InChI is InChI=1S/C7H15NO/c1-6-7(5-9)3-4-8(6)2/h6-7,9H,3-5H2,1-2H3. The SMILES string of the molecule is CC1C(CO)CCN1C.